The molecule has 0 atom stereocenters. The number of hydrogen-bond acceptors (Lipinski definition) is 3. The Kier molecular flexibility index (Phi) is 8.72. The van der Waals surface area contributed by atoms with Crippen LogP contribution in [0, 0.1) is 5.41 Å². The zero-order chi connectivity index (χ0) is 22.0. The molecule has 1 aromatic rings. The molecule has 0 unspecified atom stereocenters. The van der Waals surface area contributed by atoms with E-state index in [1.807, 2.05) is 25.2 Å². The van der Waals surface area contributed by atoms with Crippen molar-refractivity contribution < 1.29 is 4.79 Å². The number of hydrogen-bond donors (Lipinski definition) is 1. The summed E-state index contributed by atoms with van der Waals surface area (Å²) >= 11 is 0. The Morgan fingerprint density at radius 2 is 1.97 bits per heavy atom. The Morgan fingerprint density at radius 3 is 2.67 bits per heavy atom. The lowest BCUT2D eigenvalue weighted by Crippen LogP contribution is -2.19. The molecule has 0 spiro atoms. The first-order chi connectivity index (χ1) is 14.3. The van der Waals surface area contributed by atoms with Gasteiger partial charge < -0.3 is 0 Å². The fraction of sp³-hybridized carbons (Fsp3) is 0.346. The first-order valence-corrected chi connectivity index (χ1v) is 10.4. The van der Waals surface area contributed by atoms with Crippen LogP contribution in [0.5, 0.6) is 0 Å². The molecule has 0 aliphatic heterocycles. The quantitative estimate of drug-likeness (QED) is 0.329. The van der Waals surface area contributed by atoms with Crippen LogP contribution in [0.1, 0.15) is 64.2 Å². The second-order valence-electron chi connectivity index (χ2n) is 8.41. The minimum Gasteiger partial charge on any atom is -0.267 e. The van der Waals surface area contributed by atoms with Crippen LogP contribution in [0.25, 0.3) is 0 Å². The van der Waals surface area contributed by atoms with Crippen molar-refractivity contribution in [2.45, 2.75) is 53.9 Å². The van der Waals surface area contributed by atoms with Crippen molar-refractivity contribution in [2.75, 3.05) is 0 Å². The van der Waals surface area contributed by atoms with E-state index in [1.54, 1.807) is 24.5 Å². The van der Waals surface area contributed by atoms with E-state index in [-0.39, 0.29) is 11.3 Å². The molecule has 2 rings (SSSR count). The highest BCUT2D eigenvalue weighted by atomic mass is 16.2. The van der Waals surface area contributed by atoms with Crippen LogP contribution in [0.3, 0.4) is 0 Å². The van der Waals surface area contributed by atoms with Crippen LogP contribution in [0.2, 0.25) is 0 Å². The fourth-order valence-corrected chi connectivity index (χ4v) is 3.50. The van der Waals surface area contributed by atoms with Crippen LogP contribution >= 0.6 is 0 Å². The van der Waals surface area contributed by atoms with Gasteiger partial charge in [0.1, 0.15) is 0 Å². The largest absolute Gasteiger partial charge is 0.272 e. The summed E-state index contributed by atoms with van der Waals surface area (Å²) in [5, 5.41) is 3.94. The Hall–Kier alpha value is -3.01. The van der Waals surface area contributed by atoms with Crippen molar-refractivity contribution in [3.05, 3.63) is 88.8 Å². The molecule has 0 bridgehead atoms. The number of aromatic nitrogens is 1. The number of carbonyl (C=O) groups is 1. The molecule has 158 valence electrons. The standard InChI is InChI=1S/C26H33N3O/c1-20(13-14-24-22(3)11-7-16-26(24,4)5)9-6-10-21(2)15-18-28-29-25(30)23-12-8-17-27-19-23/h6,8-10,12-15,17-19H,7,11,16H2,1-5H3,(H,29,30)/b10-6-,14-13+,20-9-,21-15-,28-18+. The summed E-state index contributed by atoms with van der Waals surface area (Å²) in [4.78, 5) is 15.8. The van der Waals surface area contributed by atoms with E-state index >= 15 is 0 Å². The van der Waals surface area contributed by atoms with Crippen LogP contribution in [-0.2, 0) is 0 Å². The van der Waals surface area contributed by atoms with Crippen molar-refractivity contribution in [3.63, 3.8) is 0 Å². The average molecular weight is 404 g/mol. The molecule has 1 N–H and O–H groups in total. The SMILES string of the molecule is CC1=C(/C=C/C(C)=C\C=C/C(C)=C\C=N\NC(=O)c2cccnc2)C(C)(C)CCC1. The molecular weight excluding hydrogens is 370 g/mol. The predicted molar refractivity (Wildman–Crippen MR) is 126 cm³/mol. The molecular formula is C26H33N3O. The maximum atomic E-state index is 11.9. The monoisotopic (exact) mass is 403 g/mol. The third-order valence-corrected chi connectivity index (χ3v) is 5.28. The van der Waals surface area contributed by atoms with Gasteiger partial charge in [0, 0.05) is 18.6 Å². The topological polar surface area (TPSA) is 54.4 Å². The van der Waals surface area contributed by atoms with E-state index < -0.39 is 0 Å². The number of rotatable bonds is 7. The van der Waals surface area contributed by atoms with E-state index in [1.165, 1.54) is 42.2 Å². The van der Waals surface area contributed by atoms with E-state index in [0.29, 0.717) is 5.56 Å². The number of pyridine rings is 1. The fourth-order valence-electron chi connectivity index (χ4n) is 3.50. The summed E-state index contributed by atoms with van der Waals surface area (Å²) in [7, 11) is 0. The molecule has 0 fully saturated rings. The molecule has 1 aliphatic rings. The van der Waals surface area contributed by atoms with Crippen molar-refractivity contribution in [3.8, 4) is 0 Å². The summed E-state index contributed by atoms with van der Waals surface area (Å²) in [6, 6.07) is 3.41. The third kappa shape index (κ3) is 7.43. The molecule has 1 amide bonds. The highest BCUT2D eigenvalue weighted by Crippen LogP contribution is 2.40. The molecule has 1 heterocycles. The Bertz CT molecular complexity index is 913. The molecule has 30 heavy (non-hydrogen) atoms. The lowest BCUT2D eigenvalue weighted by molar-refractivity contribution is 0.0955. The summed E-state index contributed by atoms with van der Waals surface area (Å²) in [5.41, 5.74) is 8.46. The first-order valence-electron chi connectivity index (χ1n) is 10.4. The molecule has 0 saturated carbocycles. The molecule has 4 nitrogen and oxygen atoms in total. The zero-order valence-electron chi connectivity index (χ0n) is 18.8. The van der Waals surface area contributed by atoms with Gasteiger partial charge in [-0.15, -0.1) is 0 Å². The lowest BCUT2D eigenvalue weighted by atomic mass is 9.72. The average Bonchev–Trinajstić information content (AvgIpc) is 2.71. The van der Waals surface area contributed by atoms with Crippen LogP contribution in [-0.4, -0.2) is 17.1 Å². The van der Waals surface area contributed by atoms with E-state index in [9.17, 15) is 4.79 Å². The van der Waals surface area contributed by atoms with E-state index in [4.69, 9.17) is 0 Å². The van der Waals surface area contributed by atoms with Gasteiger partial charge in [-0.05, 0) is 74.8 Å². The summed E-state index contributed by atoms with van der Waals surface area (Å²) in [6.07, 6.45) is 20.9. The van der Waals surface area contributed by atoms with Gasteiger partial charge in [-0.25, -0.2) is 5.43 Å². The highest BCUT2D eigenvalue weighted by molar-refractivity contribution is 5.94. The van der Waals surface area contributed by atoms with Gasteiger partial charge in [0.25, 0.3) is 5.91 Å². The lowest BCUT2D eigenvalue weighted by Gasteiger charge is -2.32. The van der Waals surface area contributed by atoms with Crippen molar-refractivity contribution in [2.24, 2.45) is 10.5 Å². The van der Waals surface area contributed by atoms with Gasteiger partial charge in [-0.2, -0.15) is 5.10 Å². The van der Waals surface area contributed by atoms with Gasteiger partial charge in [0.2, 0.25) is 0 Å². The summed E-state index contributed by atoms with van der Waals surface area (Å²) < 4.78 is 0. The predicted octanol–water partition coefficient (Wildman–Crippen LogP) is 6.33. The Labute approximate surface area is 180 Å². The van der Waals surface area contributed by atoms with Gasteiger partial charge >= 0.3 is 0 Å². The van der Waals surface area contributed by atoms with Gasteiger partial charge in [0.15, 0.2) is 0 Å². The number of carbonyl (C=O) groups excluding carboxylic acids is 1. The molecule has 1 aromatic heterocycles. The first kappa shape index (κ1) is 23.3. The molecule has 0 aromatic carbocycles. The second-order valence-corrected chi connectivity index (χ2v) is 8.41. The van der Waals surface area contributed by atoms with Gasteiger partial charge in [0.05, 0.1) is 5.56 Å². The van der Waals surface area contributed by atoms with Crippen LogP contribution in [0.15, 0.2) is 88.4 Å². The smallest absolute Gasteiger partial charge is 0.267 e. The van der Waals surface area contributed by atoms with Crippen LogP contribution in [0.4, 0.5) is 0 Å². The van der Waals surface area contributed by atoms with Gasteiger partial charge in [-0.3, -0.25) is 9.78 Å². The maximum absolute atomic E-state index is 11.9. The van der Waals surface area contributed by atoms with E-state index in [0.717, 1.165) is 5.57 Å². The van der Waals surface area contributed by atoms with Crippen molar-refractivity contribution in [1.29, 1.82) is 0 Å². The number of nitrogens with zero attached hydrogens (tertiary/aromatic N) is 2. The van der Waals surface area contributed by atoms with E-state index in [2.05, 4.69) is 61.4 Å². The number of amides is 1. The maximum Gasteiger partial charge on any atom is 0.272 e. The van der Waals surface area contributed by atoms with Crippen molar-refractivity contribution in [1.82, 2.24) is 10.4 Å². The van der Waals surface area contributed by atoms with Gasteiger partial charge in [-0.1, -0.05) is 55.4 Å². The Balaban J connectivity index is 1.88. The number of allylic oxidation sites excluding steroid dienone is 10. The molecule has 4 heteroatoms. The van der Waals surface area contributed by atoms with Crippen molar-refractivity contribution >= 4 is 12.1 Å². The highest BCUT2D eigenvalue weighted by Gasteiger charge is 2.26. The summed E-state index contributed by atoms with van der Waals surface area (Å²) in [6.45, 7) is 11.0. The molecule has 0 radical (unpaired) electrons. The zero-order valence-corrected chi connectivity index (χ0v) is 18.8. The minimum atomic E-state index is -0.280. The van der Waals surface area contributed by atoms with Crippen LogP contribution < -0.4 is 5.43 Å². The molecule has 1 aliphatic carbocycles. The number of hydrazone groups is 1. The normalized spacial score (nSPS) is 18.0. The molecule has 0 saturated heterocycles. The second kappa shape index (κ2) is 11.2. The number of nitrogens with one attached hydrogen (secondary N) is 1. The Morgan fingerprint density at radius 1 is 1.20 bits per heavy atom. The minimum absolute atomic E-state index is 0.264. The third-order valence-electron chi connectivity index (χ3n) is 5.28. The summed E-state index contributed by atoms with van der Waals surface area (Å²) in [5.74, 6) is -0.280.